The van der Waals surface area contributed by atoms with Gasteiger partial charge in [-0.3, -0.25) is 9.36 Å². The molecule has 3 aromatic carbocycles. The normalized spacial score (nSPS) is 12.6. The SMILES string of the molecule is COc1ccc(-c2cnc(SCC(=O)N3CCc4ccccc43)n2-c2ccccc2C)cc1. The molecule has 6 heteroatoms. The van der Waals surface area contributed by atoms with Gasteiger partial charge in [-0.2, -0.15) is 0 Å². The molecule has 0 N–H and O–H groups in total. The highest BCUT2D eigenvalue weighted by Crippen LogP contribution is 2.33. The van der Waals surface area contributed by atoms with Crippen LogP contribution in [-0.2, 0) is 11.2 Å². The van der Waals surface area contributed by atoms with Crippen LogP contribution in [0.5, 0.6) is 5.75 Å². The molecule has 5 nitrogen and oxygen atoms in total. The summed E-state index contributed by atoms with van der Waals surface area (Å²) in [7, 11) is 1.66. The first-order chi connectivity index (χ1) is 16.2. The van der Waals surface area contributed by atoms with Crippen LogP contribution in [0.2, 0.25) is 0 Å². The van der Waals surface area contributed by atoms with Gasteiger partial charge >= 0.3 is 0 Å². The van der Waals surface area contributed by atoms with Crippen molar-refractivity contribution >= 4 is 23.4 Å². The summed E-state index contributed by atoms with van der Waals surface area (Å²) in [5.41, 5.74) is 6.49. The molecule has 5 rings (SSSR count). The first-order valence-electron chi connectivity index (χ1n) is 10.9. The largest absolute Gasteiger partial charge is 0.497 e. The second kappa shape index (κ2) is 9.16. The number of benzene rings is 3. The van der Waals surface area contributed by atoms with Crippen molar-refractivity contribution in [2.45, 2.75) is 18.5 Å². The number of nitrogens with zero attached hydrogens (tertiary/aromatic N) is 3. The van der Waals surface area contributed by atoms with Crippen molar-refractivity contribution in [1.29, 1.82) is 0 Å². The number of thioether (sulfide) groups is 1. The fourth-order valence-corrected chi connectivity index (χ4v) is 5.11. The lowest BCUT2D eigenvalue weighted by Gasteiger charge is -2.18. The molecule has 0 atom stereocenters. The predicted molar refractivity (Wildman–Crippen MR) is 134 cm³/mol. The van der Waals surface area contributed by atoms with Gasteiger partial charge in [0, 0.05) is 17.8 Å². The lowest BCUT2D eigenvalue weighted by molar-refractivity contribution is -0.116. The van der Waals surface area contributed by atoms with Crippen LogP contribution in [0.3, 0.4) is 0 Å². The van der Waals surface area contributed by atoms with E-state index in [2.05, 4.69) is 29.7 Å². The Morgan fingerprint density at radius 1 is 1.00 bits per heavy atom. The van der Waals surface area contributed by atoms with Crippen LogP contribution in [0.25, 0.3) is 16.9 Å². The Morgan fingerprint density at radius 3 is 2.48 bits per heavy atom. The molecule has 1 aliphatic heterocycles. The number of carbonyl (C=O) groups is 1. The molecule has 0 unspecified atom stereocenters. The number of hydrogen-bond acceptors (Lipinski definition) is 4. The van der Waals surface area contributed by atoms with E-state index in [-0.39, 0.29) is 5.91 Å². The van der Waals surface area contributed by atoms with Crippen molar-refractivity contribution in [2.24, 2.45) is 0 Å². The van der Waals surface area contributed by atoms with Crippen LogP contribution in [0.15, 0.2) is 84.1 Å². The Hall–Kier alpha value is -3.51. The van der Waals surface area contributed by atoms with Gasteiger partial charge in [0.05, 0.1) is 30.4 Å². The number of carbonyl (C=O) groups excluding carboxylic acids is 1. The zero-order valence-corrected chi connectivity index (χ0v) is 19.5. The Kier molecular flexibility index (Phi) is 5.92. The van der Waals surface area contributed by atoms with Crippen molar-refractivity contribution in [3.63, 3.8) is 0 Å². The number of amides is 1. The number of aromatic nitrogens is 2. The molecule has 1 aliphatic rings. The Morgan fingerprint density at radius 2 is 1.73 bits per heavy atom. The molecule has 0 aliphatic carbocycles. The molecular formula is C27H25N3O2S. The number of ether oxygens (including phenoxy) is 1. The van der Waals surface area contributed by atoms with Gasteiger partial charge in [0.2, 0.25) is 5.91 Å². The Bertz CT molecular complexity index is 1300. The lowest BCUT2D eigenvalue weighted by atomic mass is 10.1. The van der Waals surface area contributed by atoms with Crippen LogP contribution in [0, 0.1) is 6.92 Å². The smallest absolute Gasteiger partial charge is 0.237 e. The topological polar surface area (TPSA) is 47.4 Å². The first-order valence-corrected chi connectivity index (χ1v) is 11.9. The highest BCUT2D eigenvalue weighted by atomic mass is 32.2. The van der Waals surface area contributed by atoms with Gasteiger partial charge in [0.15, 0.2) is 5.16 Å². The summed E-state index contributed by atoms with van der Waals surface area (Å²) < 4.78 is 7.46. The van der Waals surface area contributed by atoms with Crippen LogP contribution in [0.4, 0.5) is 5.69 Å². The molecular weight excluding hydrogens is 430 g/mol. The third kappa shape index (κ3) is 4.14. The lowest BCUT2D eigenvalue weighted by Crippen LogP contribution is -2.30. The van der Waals surface area contributed by atoms with E-state index in [1.54, 1.807) is 7.11 Å². The van der Waals surface area contributed by atoms with Gasteiger partial charge in [0.1, 0.15) is 5.75 Å². The van der Waals surface area contributed by atoms with Gasteiger partial charge < -0.3 is 9.64 Å². The summed E-state index contributed by atoms with van der Waals surface area (Å²) in [6.07, 6.45) is 2.79. The molecule has 0 spiro atoms. The van der Waals surface area contributed by atoms with E-state index in [9.17, 15) is 4.79 Å². The zero-order chi connectivity index (χ0) is 22.8. The van der Waals surface area contributed by atoms with Crippen molar-refractivity contribution in [2.75, 3.05) is 24.3 Å². The van der Waals surface area contributed by atoms with Crippen molar-refractivity contribution < 1.29 is 9.53 Å². The first kappa shape index (κ1) is 21.3. The minimum Gasteiger partial charge on any atom is -0.497 e. The number of imidazole rings is 1. The molecule has 2 heterocycles. The average molecular weight is 456 g/mol. The molecule has 0 bridgehead atoms. The van der Waals surface area contributed by atoms with Crippen LogP contribution in [0.1, 0.15) is 11.1 Å². The molecule has 1 amide bonds. The predicted octanol–water partition coefficient (Wildman–Crippen LogP) is 5.54. The maximum absolute atomic E-state index is 13.1. The van der Waals surface area contributed by atoms with E-state index in [4.69, 9.17) is 9.72 Å². The third-order valence-electron chi connectivity index (χ3n) is 5.98. The maximum atomic E-state index is 13.1. The fourth-order valence-electron chi connectivity index (χ4n) is 4.25. The number of rotatable bonds is 6. The second-order valence-electron chi connectivity index (χ2n) is 7.99. The monoisotopic (exact) mass is 455 g/mol. The minimum absolute atomic E-state index is 0.107. The third-order valence-corrected chi connectivity index (χ3v) is 6.92. The van der Waals surface area contributed by atoms with Gasteiger partial charge in [-0.25, -0.2) is 4.98 Å². The Balaban J connectivity index is 1.46. The summed E-state index contributed by atoms with van der Waals surface area (Å²) in [6, 6.07) is 24.4. The van der Waals surface area contributed by atoms with Gasteiger partial charge in [-0.15, -0.1) is 0 Å². The molecule has 0 saturated carbocycles. The van der Waals surface area contributed by atoms with E-state index in [1.807, 2.05) is 65.7 Å². The quantitative estimate of drug-likeness (QED) is 0.358. The summed E-state index contributed by atoms with van der Waals surface area (Å²) in [5.74, 6) is 1.25. The van der Waals surface area contributed by atoms with E-state index in [0.717, 1.165) is 52.1 Å². The minimum atomic E-state index is 0.107. The number of anilines is 1. The maximum Gasteiger partial charge on any atom is 0.237 e. The molecule has 0 fully saturated rings. The average Bonchev–Trinajstić information content (AvgIpc) is 3.47. The number of fused-ring (bicyclic) bond motifs is 1. The van der Waals surface area contributed by atoms with Crippen LogP contribution in [-0.4, -0.2) is 34.9 Å². The molecule has 33 heavy (non-hydrogen) atoms. The van der Waals surface area contributed by atoms with E-state index >= 15 is 0 Å². The molecule has 1 aromatic heterocycles. The summed E-state index contributed by atoms with van der Waals surface area (Å²) in [5, 5.41) is 0.802. The summed E-state index contributed by atoms with van der Waals surface area (Å²) in [6.45, 7) is 2.83. The summed E-state index contributed by atoms with van der Waals surface area (Å²) >= 11 is 1.48. The van der Waals surface area contributed by atoms with Crippen LogP contribution < -0.4 is 9.64 Å². The number of hydrogen-bond donors (Lipinski definition) is 0. The molecule has 0 radical (unpaired) electrons. The zero-order valence-electron chi connectivity index (χ0n) is 18.7. The van der Waals surface area contributed by atoms with E-state index < -0.39 is 0 Å². The number of aryl methyl sites for hydroxylation is 1. The highest BCUT2D eigenvalue weighted by Gasteiger charge is 2.25. The molecule has 166 valence electrons. The number of para-hydroxylation sites is 2. The van der Waals surface area contributed by atoms with Gasteiger partial charge in [0.25, 0.3) is 0 Å². The van der Waals surface area contributed by atoms with Crippen LogP contribution >= 0.6 is 11.8 Å². The van der Waals surface area contributed by atoms with E-state index in [0.29, 0.717) is 5.75 Å². The van der Waals surface area contributed by atoms with Gasteiger partial charge in [-0.1, -0.05) is 48.2 Å². The van der Waals surface area contributed by atoms with Crippen molar-refractivity contribution in [3.05, 3.63) is 90.1 Å². The standard InChI is InChI=1S/C27H25N3O2S/c1-19-7-3-5-9-23(19)30-25(21-11-13-22(32-2)14-12-21)17-28-27(30)33-18-26(31)29-16-15-20-8-4-6-10-24(20)29/h3-14,17H,15-16,18H2,1-2H3. The Labute approximate surface area is 198 Å². The highest BCUT2D eigenvalue weighted by molar-refractivity contribution is 7.99. The fraction of sp³-hybridized carbons (Fsp3) is 0.185. The summed E-state index contributed by atoms with van der Waals surface area (Å²) in [4.78, 5) is 19.7. The van der Waals surface area contributed by atoms with Crippen molar-refractivity contribution in [1.82, 2.24) is 9.55 Å². The second-order valence-corrected chi connectivity index (χ2v) is 8.93. The van der Waals surface area contributed by atoms with E-state index in [1.165, 1.54) is 17.3 Å². The van der Waals surface area contributed by atoms with Crippen molar-refractivity contribution in [3.8, 4) is 22.7 Å². The number of methoxy groups -OCH3 is 1. The molecule has 0 saturated heterocycles. The molecule has 4 aromatic rings. The van der Waals surface area contributed by atoms with Gasteiger partial charge in [-0.05, 0) is 60.9 Å².